The summed E-state index contributed by atoms with van der Waals surface area (Å²) >= 11 is 0. The average Bonchev–Trinajstić information content (AvgIpc) is 2.98. The van der Waals surface area contributed by atoms with Gasteiger partial charge in [0.2, 0.25) is 0 Å². The molecule has 5 rings (SSSR count). The van der Waals surface area contributed by atoms with Crippen molar-refractivity contribution in [2.75, 3.05) is 0 Å². The first-order valence-electron chi connectivity index (χ1n) is 8.25. The molecule has 0 saturated heterocycles. The Morgan fingerprint density at radius 2 is 1.86 bits per heavy atom. The molecule has 2 aromatic carbocycles. The monoisotopic (exact) mass is 276 g/mol. The molecule has 3 aliphatic rings. The van der Waals surface area contributed by atoms with Gasteiger partial charge in [0.25, 0.3) is 0 Å². The van der Waals surface area contributed by atoms with E-state index < -0.39 is 0 Å². The Labute approximate surface area is 125 Å². The topological polar surface area (TPSA) is 20.2 Å². The summed E-state index contributed by atoms with van der Waals surface area (Å²) in [5.41, 5.74) is 5.72. The minimum absolute atomic E-state index is 0.270. The average molecular weight is 276 g/mol. The zero-order chi connectivity index (χ0) is 14.0. The van der Waals surface area contributed by atoms with Gasteiger partial charge in [0, 0.05) is 5.41 Å². The molecule has 1 nitrogen and oxygen atoms in total. The first kappa shape index (κ1) is 12.0. The third-order valence-corrected chi connectivity index (χ3v) is 5.97. The molecule has 0 heterocycles. The van der Waals surface area contributed by atoms with Crippen LogP contribution in [0.4, 0.5) is 0 Å². The number of fused-ring (bicyclic) bond motifs is 1. The zero-order valence-corrected chi connectivity index (χ0v) is 12.2. The maximum atomic E-state index is 10.4. The summed E-state index contributed by atoms with van der Waals surface area (Å²) in [4.78, 5) is 0. The maximum Gasteiger partial charge on any atom is 0.0799 e. The van der Waals surface area contributed by atoms with Crippen LogP contribution in [0.25, 0.3) is 16.8 Å². The van der Waals surface area contributed by atoms with Crippen LogP contribution in [-0.4, -0.2) is 5.11 Å². The first-order valence-corrected chi connectivity index (χ1v) is 8.25. The Morgan fingerprint density at radius 3 is 2.71 bits per heavy atom. The van der Waals surface area contributed by atoms with Crippen molar-refractivity contribution in [1.82, 2.24) is 0 Å². The second-order valence-corrected chi connectivity index (χ2v) is 7.02. The molecule has 1 unspecified atom stereocenters. The predicted molar refractivity (Wildman–Crippen MR) is 86.4 cm³/mol. The Morgan fingerprint density at radius 1 is 1.00 bits per heavy atom. The molecule has 1 fully saturated rings. The molecule has 106 valence electrons. The first-order chi connectivity index (χ1) is 10.3. The molecule has 1 spiro atoms. The molecule has 1 saturated carbocycles. The lowest BCUT2D eigenvalue weighted by molar-refractivity contribution is 0.166. The number of aryl methyl sites for hydroxylation is 1. The summed E-state index contributed by atoms with van der Waals surface area (Å²) in [6.45, 7) is 0. The summed E-state index contributed by atoms with van der Waals surface area (Å²) in [6, 6.07) is 9.07. The van der Waals surface area contributed by atoms with E-state index in [9.17, 15) is 5.11 Å². The van der Waals surface area contributed by atoms with E-state index in [1.807, 2.05) is 0 Å². The van der Waals surface area contributed by atoms with Crippen LogP contribution in [0.15, 0.2) is 30.3 Å². The van der Waals surface area contributed by atoms with Gasteiger partial charge in [-0.3, -0.25) is 0 Å². The summed E-state index contributed by atoms with van der Waals surface area (Å²) < 4.78 is 0. The van der Waals surface area contributed by atoms with Gasteiger partial charge in [-0.1, -0.05) is 49.3 Å². The standard InChI is InChI=1S/C20H20O/c21-17-8-5-13-4-7-16-19-14(3-6-15(17)18(13)19)9-12-20(16)10-1-2-11-20/h3-4,6-7,9,12,17,21H,1-2,5,8,10-11H2. The Hall–Kier alpha value is -1.60. The van der Waals surface area contributed by atoms with Crippen LogP contribution in [0.5, 0.6) is 0 Å². The number of aliphatic hydroxyl groups is 1. The molecule has 3 aliphatic carbocycles. The van der Waals surface area contributed by atoms with Crippen molar-refractivity contribution in [3.8, 4) is 0 Å². The van der Waals surface area contributed by atoms with E-state index in [1.165, 1.54) is 53.1 Å². The van der Waals surface area contributed by atoms with Gasteiger partial charge < -0.3 is 5.11 Å². The number of hydrogen-bond donors (Lipinski definition) is 1. The van der Waals surface area contributed by atoms with Crippen LogP contribution >= 0.6 is 0 Å². The summed E-state index contributed by atoms with van der Waals surface area (Å²) in [6.07, 6.45) is 11.6. The number of hydrogen-bond acceptors (Lipinski definition) is 1. The van der Waals surface area contributed by atoms with Crippen molar-refractivity contribution < 1.29 is 5.11 Å². The lowest BCUT2D eigenvalue weighted by Gasteiger charge is -2.34. The predicted octanol–water partition coefficient (Wildman–Crippen LogP) is 4.66. The Bertz CT molecular complexity index is 778. The van der Waals surface area contributed by atoms with E-state index in [1.54, 1.807) is 0 Å². The molecular weight excluding hydrogens is 256 g/mol. The molecule has 2 aromatic rings. The van der Waals surface area contributed by atoms with Crippen LogP contribution in [0, 0.1) is 0 Å². The fraction of sp³-hybridized carbons (Fsp3) is 0.400. The summed E-state index contributed by atoms with van der Waals surface area (Å²) in [7, 11) is 0. The molecule has 0 bridgehead atoms. The summed E-state index contributed by atoms with van der Waals surface area (Å²) in [5, 5.41) is 13.2. The van der Waals surface area contributed by atoms with Crippen LogP contribution < -0.4 is 0 Å². The SMILES string of the molecule is OC1CCc2ccc3c4c(ccc1c24)C=CC31CCCC1. The lowest BCUT2D eigenvalue weighted by Crippen LogP contribution is -2.22. The van der Waals surface area contributed by atoms with Gasteiger partial charge in [-0.05, 0) is 58.7 Å². The van der Waals surface area contributed by atoms with Gasteiger partial charge in [0.1, 0.15) is 0 Å². The van der Waals surface area contributed by atoms with Crippen LogP contribution in [0.1, 0.15) is 60.5 Å². The van der Waals surface area contributed by atoms with Gasteiger partial charge in [-0.2, -0.15) is 0 Å². The van der Waals surface area contributed by atoms with E-state index in [4.69, 9.17) is 0 Å². The smallest absolute Gasteiger partial charge is 0.0799 e. The minimum atomic E-state index is -0.285. The second kappa shape index (κ2) is 3.98. The largest absolute Gasteiger partial charge is 0.388 e. The van der Waals surface area contributed by atoms with Crippen molar-refractivity contribution in [1.29, 1.82) is 0 Å². The highest BCUT2D eigenvalue weighted by atomic mass is 16.3. The Balaban J connectivity index is 1.91. The molecule has 0 radical (unpaired) electrons. The third-order valence-electron chi connectivity index (χ3n) is 5.97. The molecule has 1 atom stereocenters. The van der Waals surface area contributed by atoms with Gasteiger partial charge in [0.15, 0.2) is 0 Å². The van der Waals surface area contributed by atoms with E-state index >= 15 is 0 Å². The molecule has 0 amide bonds. The van der Waals surface area contributed by atoms with Crippen molar-refractivity contribution in [3.05, 3.63) is 52.6 Å². The van der Waals surface area contributed by atoms with Crippen LogP contribution in [-0.2, 0) is 11.8 Å². The van der Waals surface area contributed by atoms with Gasteiger partial charge in [-0.25, -0.2) is 0 Å². The molecule has 21 heavy (non-hydrogen) atoms. The number of aliphatic hydroxyl groups excluding tert-OH is 1. The number of benzene rings is 2. The van der Waals surface area contributed by atoms with E-state index in [0.29, 0.717) is 0 Å². The lowest BCUT2D eigenvalue weighted by atomic mass is 9.70. The van der Waals surface area contributed by atoms with Gasteiger partial charge in [-0.15, -0.1) is 0 Å². The zero-order valence-electron chi connectivity index (χ0n) is 12.2. The minimum Gasteiger partial charge on any atom is -0.388 e. The van der Waals surface area contributed by atoms with Gasteiger partial charge >= 0.3 is 0 Å². The molecule has 0 aromatic heterocycles. The molecule has 0 aliphatic heterocycles. The molecule has 1 heteroatoms. The quantitative estimate of drug-likeness (QED) is 0.742. The van der Waals surface area contributed by atoms with Crippen LogP contribution in [0.3, 0.4) is 0 Å². The summed E-state index contributed by atoms with van der Waals surface area (Å²) in [5.74, 6) is 0. The second-order valence-electron chi connectivity index (χ2n) is 7.02. The highest BCUT2D eigenvalue weighted by Gasteiger charge is 2.37. The maximum absolute atomic E-state index is 10.4. The fourth-order valence-electron chi connectivity index (χ4n) is 4.89. The molecule has 1 N–H and O–H groups in total. The van der Waals surface area contributed by atoms with E-state index in [2.05, 4.69) is 36.4 Å². The third kappa shape index (κ3) is 1.45. The normalized spacial score (nSPS) is 24.9. The van der Waals surface area contributed by atoms with Crippen LogP contribution in [0.2, 0.25) is 0 Å². The fourth-order valence-corrected chi connectivity index (χ4v) is 4.89. The number of allylic oxidation sites excluding steroid dienone is 1. The van der Waals surface area contributed by atoms with E-state index in [-0.39, 0.29) is 11.5 Å². The van der Waals surface area contributed by atoms with Gasteiger partial charge in [0.05, 0.1) is 6.10 Å². The number of rotatable bonds is 0. The molecular formula is C20H20O. The highest BCUT2D eigenvalue weighted by Crippen LogP contribution is 2.50. The van der Waals surface area contributed by atoms with Crippen molar-refractivity contribution in [3.63, 3.8) is 0 Å². The highest BCUT2D eigenvalue weighted by molar-refractivity contribution is 6.00. The van der Waals surface area contributed by atoms with Crippen molar-refractivity contribution in [2.24, 2.45) is 0 Å². The van der Waals surface area contributed by atoms with Crippen molar-refractivity contribution in [2.45, 2.75) is 50.0 Å². The van der Waals surface area contributed by atoms with E-state index in [0.717, 1.165) is 18.4 Å². The Kier molecular flexibility index (Phi) is 2.27. The van der Waals surface area contributed by atoms with Crippen molar-refractivity contribution >= 4 is 16.8 Å².